The molecule has 7 nitrogen and oxygen atoms in total. The number of hydrogen-bond donors (Lipinski definition) is 2. The van der Waals surface area contributed by atoms with E-state index in [1.807, 2.05) is 0 Å². The number of aromatic nitrogens is 2. The third-order valence-corrected chi connectivity index (χ3v) is 4.73. The van der Waals surface area contributed by atoms with E-state index < -0.39 is 43.0 Å². The van der Waals surface area contributed by atoms with Crippen LogP contribution in [0, 0.1) is 11.8 Å². The monoisotopic (exact) mass is 386 g/mol. The number of carboxylic acids is 1. The van der Waals surface area contributed by atoms with Gasteiger partial charge in [-0.15, -0.1) is 11.3 Å². The number of aliphatic carboxylic acids is 1. The molecule has 1 aliphatic heterocycles. The van der Waals surface area contributed by atoms with E-state index in [0.29, 0.717) is 10.9 Å². The Bertz CT molecular complexity index is 812. The summed E-state index contributed by atoms with van der Waals surface area (Å²) in [7, 11) is 0. The Morgan fingerprint density at radius 2 is 2.08 bits per heavy atom. The summed E-state index contributed by atoms with van der Waals surface area (Å²) >= 11 is 1.10. The van der Waals surface area contributed by atoms with Crippen LogP contribution in [0.2, 0.25) is 0 Å². The molecule has 2 aromatic heterocycles. The van der Waals surface area contributed by atoms with Crippen LogP contribution in [0.4, 0.5) is 24.1 Å². The zero-order chi connectivity index (χ0) is 18.9. The summed E-state index contributed by atoms with van der Waals surface area (Å²) in [5.41, 5.74) is -0.0413. The van der Waals surface area contributed by atoms with Crippen molar-refractivity contribution < 1.29 is 27.9 Å². The number of carbonyl (C=O) groups is 2. The lowest BCUT2D eigenvalue weighted by Gasteiger charge is -2.18. The van der Waals surface area contributed by atoms with Gasteiger partial charge in [0.15, 0.2) is 5.13 Å². The van der Waals surface area contributed by atoms with Crippen LogP contribution in [0.15, 0.2) is 29.8 Å². The Balaban J connectivity index is 1.73. The van der Waals surface area contributed by atoms with Gasteiger partial charge in [0.2, 0.25) is 0 Å². The lowest BCUT2D eigenvalue weighted by Crippen LogP contribution is -2.34. The van der Waals surface area contributed by atoms with Crippen molar-refractivity contribution in [3.63, 3.8) is 0 Å². The van der Waals surface area contributed by atoms with Crippen molar-refractivity contribution in [2.45, 2.75) is 6.18 Å². The summed E-state index contributed by atoms with van der Waals surface area (Å²) in [6.45, 7) is -1.20. The molecule has 1 aliphatic rings. The third-order valence-electron chi connectivity index (χ3n) is 3.97. The summed E-state index contributed by atoms with van der Waals surface area (Å²) in [5.74, 6) is -5.56. The molecule has 0 spiro atoms. The average Bonchev–Trinajstić information content (AvgIpc) is 3.22. The van der Waals surface area contributed by atoms with Crippen molar-refractivity contribution in [2.24, 2.45) is 11.8 Å². The highest BCUT2D eigenvalue weighted by Crippen LogP contribution is 2.38. The number of nitrogens with zero attached hydrogens (tertiary/aromatic N) is 3. The molecule has 1 amide bonds. The first-order valence-corrected chi connectivity index (χ1v) is 8.36. The Kier molecular flexibility index (Phi) is 4.81. The average molecular weight is 386 g/mol. The SMILES string of the molecule is O=C(O)[C@@H]1CN(C(=O)c2csc(Nc3ccccn3)n2)C[C@H]1C(F)(F)F. The van der Waals surface area contributed by atoms with Crippen molar-refractivity contribution >= 4 is 34.2 Å². The second-order valence-corrected chi connectivity index (χ2v) is 6.54. The van der Waals surface area contributed by atoms with Gasteiger partial charge in [-0.25, -0.2) is 9.97 Å². The van der Waals surface area contributed by atoms with Gasteiger partial charge in [0.05, 0.1) is 11.8 Å². The predicted molar refractivity (Wildman–Crippen MR) is 86.2 cm³/mol. The molecular weight excluding hydrogens is 373 g/mol. The maximum absolute atomic E-state index is 13.0. The topological polar surface area (TPSA) is 95.4 Å². The Morgan fingerprint density at radius 1 is 1.31 bits per heavy atom. The first kappa shape index (κ1) is 18.1. The van der Waals surface area contributed by atoms with Crippen LogP contribution in [0.5, 0.6) is 0 Å². The zero-order valence-electron chi connectivity index (χ0n) is 13.1. The molecule has 0 bridgehead atoms. The van der Waals surface area contributed by atoms with Gasteiger partial charge >= 0.3 is 12.1 Å². The first-order valence-electron chi connectivity index (χ1n) is 7.48. The summed E-state index contributed by atoms with van der Waals surface area (Å²) in [4.78, 5) is 32.5. The molecule has 11 heteroatoms. The largest absolute Gasteiger partial charge is 0.481 e. The fraction of sp³-hybridized carbons (Fsp3) is 0.333. The van der Waals surface area contributed by atoms with E-state index >= 15 is 0 Å². The van der Waals surface area contributed by atoms with Gasteiger partial charge in [0.25, 0.3) is 5.91 Å². The molecule has 26 heavy (non-hydrogen) atoms. The summed E-state index contributed by atoms with van der Waals surface area (Å²) in [6.07, 6.45) is -3.12. The standard InChI is InChI=1S/C15H13F3N4O3S/c16-15(17,18)9-6-22(5-8(9)13(24)25)12(23)10-7-26-14(20-10)21-11-3-1-2-4-19-11/h1-4,7-9H,5-6H2,(H,24,25)(H,19,20,21)/t8-,9-/m1/s1. The minimum atomic E-state index is -4.69. The van der Waals surface area contributed by atoms with Crippen LogP contribution in [0.1, 0.15) is 10.5 Å². The molecule has 1 fully saturated rings. The molecule has 0 unspecified atom stereocenters. The number of rotatable bonds is 4. The van der Waals surface area contributed by atoms with Gasteiger partial charge in [0.1, 0.15) is 11.5 Å². The molecule has 2 atom stereocenters. The number of halogens is 3. The number of hydrogen-bond acceptors (Lipinski definition) is 6. The maximum Gasteiger partial charge on any atom is 0.394 e. The van der Waals surface area contributed by atoms with Crippen LogP contribution in [-0.2, 0) is 4.79 Å². The van der Waals surface area contributed by atoms with Gasteiger partial charge in [-0.1, -0.05) is 6.07 Å². The quantitative estimate of drug-likeness (QED) is 0.839. The van der Waals surface area contributed by atoms with Gasteiger partial charge in [-0.2, -0.15) is 13.2 Å². The normalized spacial score (nSPS) is 20.2. The highest BCUT2D eigenvalue weighted by atomic mass is 32.1. The van der Waals surface area contributed by atoms with E-state index in [2.05, 4.69) is 15.3 Å². The molecule has 2 aromatic rings. The molecule has 2 N–H and O–H groups in total. The molecule has 3 heterocycles. The van der Waals surface area contributed by atoms with E-state index in [-0.39, 0.29) is 5.69 Å². The van der Waals surface area contributed by atoms with Crippen molar-refractivity contribution in [3.05, 3.63) is 35.5 Å². The van der Waals surface area contributed by atoms with Crippen LogP contribution in [-0.4, -0.2) is 51.1 Å². The van der Waals surface area contributed by atoms with Gasteiger partial charge in [-0.05, 0) is 12.1 Å². The van der Waals surface area contributed by atoms with Gasteiger partial charge < -0.3 is 15.3 Å². The smallest absolute Gasteiger partial charge is 0.394 e. The van der Waals surface area contributed by atoms with E-state index in [9.17, 15) is 22.8 Å². The van der Waals surface area contributed by atoms with Crippen LogP contribution in [0.25, 0.3) is 0 Å². The minimum absolute atomic E-state index is 0.0413. The fourth-order valence-electron chi connectivity index (χ4n) is 2.69. The molecular formula is C15H13F3N4O3S. The number of nitrogens with one attached hydrogen (secondary N) is 1. The van der Waals surface area contributed by atoms with Crippen molar-refractivity contribution in [1.29, 1.82) is 0 Å². The maximum atomic E-state index is 13.0. The fourth-order valence-corrected chi connectivity index (χ4v) is 3.38. The Labute approximate surface area is 149 Å². The second-order valence-electron chi connectivity index (χ2n) is 5.68. The van der Waals surface area contributed by atoms with Crippen molar-refractivity contribution in [1.82, 2.24) is 14.9 Å². The number of alkyl halides is 3. The van der Waals surface area contributed by atoms with Crippen LogP contribution < -0.4 is 5.32 Å². The van der Waals surface area contributed by atoms with Crippen molar-refractivity contribution in [3.8, 4) is 0 Å². The van der Waals surface area contributed by atoms with Crippen molar-refractivity contribution in [2.75, 3.05) is 18.4 Å². The summed E-state index contributed by atoms with van der Waals surface area (Å²) in [5, 5.41) is 13.7. The predicted octanol–water partition coefficient (Wildman–Crippen LogP) is 2.62. The number of carbonyl (C=O) groups excluding carboxylic acids is 1. The van der Waals surface area contributed by atoms with E-state index in [1.165, 1.54) is 5.38 Å². The molecule has 3 rings (SSSR count). The zero-order valence-corrected chi connectivity index (χ0v) is 13.9. The third kappa shape index (κ3) is 3.77. The molecule has 0 radical (unpaired) electrons. The molecule has 0 aromatic carbocycles. The van der Waals surface area contributed by atoms with E-state index in [1.54, 1.807) is 24.4 Å². The Morgan fingerprint density at radius 3 is 2.65 bits per heavy atom. The molecule has 138 valence electrons. The van der Waals surface area contributed by atoms with E-state index in [4.69, 9.17) is 5.11 Å². The number of likely N-dealkylation sites (tertiary alicyclic amines) is 1. The lowest BCUT2D eigenvalue weighted by molar-refractivity contribution is -0.187. The number of amides is 1. The van der Waals surface area contributed by atoms with E-state index in [0.717, 1.165) is 16.2 Å². The molecule has 0 aliphatic carbocycles. The number of pyridine rings is 1. The van der Waals surface area contributed by atoms with Gasteiger partial charge in [0, 0.05) is 24.7 Å². The summed E-state index contributed by atoms with van der Waals surface area (Å²) < 4.78 is 39.1. The minimum Gasteiger partial charge on any atom is -0.481 e. The second kappa shape index (κ2) is 6.90. The van der Waals surface area contributed by atoms with Crippen LogP contribution >= 0.6 is 11.3 Å². The Hall–Kier alpha value is -2.69. The lowest BCUT2D eigenvalue weighted by atomic mass is 9.96. The number of thiazole rings is 1. The van der Waals surface area contributed by atoms with Crippen LogP contribution in [0.3, 0.4) is 0 Å². The summed E-state index contributed by atoms with van der Waals surface area (Å²) in [6, 6.07) is 5.17. The highest BCUT2D eigenvalue weighted by molar-refractivity contribution is 7.14. The molecule has 1 saturated heterocycles. The molecule has 0 saturated carbocycles. The first-order chi connectivity index (χ1) is 12.3. The van der Waals surface area contributed by atoms with Gasteiger partial charge in [-0.3, -0.25) is 9.59 Å². The number of carboxylic acid groups (broad SMARTS) is 1. The highest BCUT2D eigenvalue weighted by Gasteiger charge is 2.53. The number of anilines is 2.